The number of hydrogen-bond acceptors (Lipinski definition) is 4. The van der Waals surface area contributed by atoms with Gasteiger partial charge in [-0.25, -0.2) is 4.79 Å². The third kappa shape index (κ3) is 3.31. The van der Waals surface area contributed by atoms with Gasteiger partial charge in [0.25, 0.3) is 0 Å². The monoisotopic (exact) mass is 346 g/mol. The van der Waals surface area contributed by atoms with Crippen LogP contribution in [0.5, 0.6) is 5.75 Å². The maximum Gasteiger partial charge on any atom is 0.326 e. The number of anilines is 1. The molecule has 7 heteroatoms. The van der Waals surface area contributed by atoms with Crippen LogP contribution in [0.1, 0.15) is 26.2 Å². The van der Waals surface area contributed by atoms with E-state index in [1.165, 1.54) is 18.9 Å². The second-order valence-electron chi connectivity index (χ2n) is 6.57. The van der Waals surface area contributed by atoms with Crippen molar-refractivity contribution < 1.29 is 24.2 Å². The number of methoxy groups -OCH3 is 1. The number of amides is 2. The van der Waals surface area contributed by atoms with Crippen LogP contribution in [0, 0.1) is 5.92 Å². The molecule has 3 rings (SSSR count). The zero-order valence-electron chi connectivity index (χ0n) is 14.3. The van der Waals surface area contributed by atoms with Crippen LogP contribution in [-0.2, 0) is 14.4 Å². The first kappa shape index (κ1) is 17.3. The number of carbonyl (C=O) groups excluding carboxylic acids is 2. The predicted octanol–water partition coefficient (Wildman–Crippen LogP) is 1.51. The van der Waals surface area contributed by atoms with Gasteiger partial charge < -0.3 is 19.6 Å². The summed E-state index contributed by atoms with van der Waals surface area (Å²) in [4.78, 5) is 39.7. The lowest BCUT2D eigenvalue weighted by atomic mass is 10.1. The van der Waals surface area contributed by atoms with Crippen molar-refractivity contribution in [1.82, 2.24) is 4.90 Å². The minimum Gasteiger partial charge on any atom is -0.495 e. The summed E-state index contributed by atoms with van der Waals surface area (Å²) < 4.78 is 5.30. The summed E-state index contributed by atoms with van der Waals surface area (Å²) in [5.74, 6) is -1.38. The molecule has 1 N–H and O–H groups in total. The van der Waals surface area contributed by atoms with Crippen LogP contribution in [0.3, 0.4) is 0 Å². The van der Waals surface area contributed by atoms with E-state index >= 15 is 0 Å². The van der Waals surface area contributed by atoms with Crippen molar-refractivity contribution in [3.05, 3.63) is 24.3 Å². The second-order valence-corrected chi connectivity index (χ2v) is 6.57. The van der Waals surface area contributed by atoms with E-state index in [-0.39, 0.29) is 30.8 Å². The number of carboxylic acid groups (broad SMARTS) is 1. The summed E-state index contributed by atoms with van der Waals surface area (Å²) in [6.45, 7) is 1.76. The molecular weight excluding hydrogens is 324 g/mol. The van der Waals surface area contributed by atoms with Gasteiger partial charge >= 0.3 is 5.97 Å². The number of rotatable bonds is 6. The normalized spacial score (nSPS) is 21.1. The van der Waals surface area contributed by atoms with E-state index in [9.17, 15) is 19.5 Å². The van der Waals surface area contributed by atoms with Gasteiger partial charge in [0.1, 0.15) is 11.8 Å². The van der Waals surface area contributed by atoms with Crippen LogP contribution in [0.2, 0.25) is 0 Å². The Bertz CT molecular complexity index is 700. The Balaban J connectivity index is 1.79. The standard InChI is InChI=1S/C18H22N2O5/c1-11(18(23)24)20(13-7-8-13)17(22)12-9-16(21)19(10-12)14-5-3-4-6-15(14)25-2/h3-6,11-13H,7-10H2,1-2H3,(H,23,24). The lowest BCUT2D eigenvalue weighted by molar-refractivity contribution is -0.151. The molecule has 1 aromatic rings. The van der Waals surface area contributed by atoms with Gasteiger partial charge in [0, 0.05) is 19.0 Å². The predicted molar refractivity (Wildman–Crippen MR) is 90.4 cm³/mol. The van der Waals surface area contributed by atoms with Crippen LogP contribution in [0.15, 0.2) is 24.3 Å². The number of hydrogen-bond donors (Lipinski definition) is 1. The maximum absolute atomic E-state index is 12.9. The molecule has 7 nitrogen and oxygen atoms in total. The number of nitrogens with zero attached hydrogens (tertiary/aromatic N) is 2. The molecule has 2 amide bonds. The molecule has 1 saturated carbocycles. The van der Waals surface area contributed by atoms with Crippen molar-refractivity contribution >= 4 is 23.5 Å². The molecular formula is C18H22N2O5. The summed E-state index contributed by atoms with van der Waals surface area (Å²) in [5.41, 5.74) is 0.634. The SMILES string of the molecule is COc1ccccc1N1CC(C(=O)N(C2CC2)C(C)C(=O)O)CC1=O. The van der Waals surface area contributed by atoms with Crippen LogP contribution in [-0.4, -0.2) is 53.5 Å². The van der Waals surface area contributed by atoms with E-state index in [4.69, 9.17) is 4.74 Å². The minimum absolute atomic E-state index is 0.0194. The number of ether oxygens (including phenoxy) is 1. The summed E-state index contributed by atoms with van der Waals surface area (Å²) in [5, 5.41) is 9.28. The average molecular weight is 346 g/mol. The summed E-state index contributed by atoms with van der Waals surface area (Å²) >= 11 is 0. The lowest BCUT2D eigenvalue weighted by Gasteiger charge is -2.29. The molecule has 2 fully saturated rings. The van der Waals surface area contributed by atoms with E-state index < -0.39 is 17.9 Å². The van der Waals surface area contributed by atoms with Gasteiger partial charge in [0.05, 0.1) is 18.7 Å². The first-order valence-electron chi connectivity index (χ1n) is 8.42. The Labute approximate surface area is 146 Å². The summed E-state index contributed by atoms with van der Waals surface area (Å²) in [7, 11) is 1.53. The van der Waals surface area contributed by atoms with Crippen LogP contribution >= 0.6 is 0 Å². The molecule has 1 aromatic carbocycles. The highest BCUT2D eigenvalue weighted by molar-refractivity contribution is 6.01. The zero-order chi connectivity index (χ0) is 18.1. The smallest absolute Gasteiger partial charge is 0.326 e. The number of para-hydroxylation sites is 2. The molecule has 2 unspecified atom stereocenters. The van der Waals surface area contributed by atoms with Crippen molar-refractivity contribution in [2.45, 2.75) is 38.3 Å². The number of benzene rings is 1. The Morgan fingerprint density at radius 1 is 1.32 bits per heavy atom. The summed E-state index contributed by atoms with van der Waals surface area (Å²) in [6, 6.07) is 6.27. The average Bonchev–Trinajstić information content (AvgIpc) is 3.35. The molecule has 2 aliphatic rings. The first-order valence-corrected chi connectivity index (χ1v) is 8.42. The molecule has 1 heterocycles. The molecule has 1 aliphatic heterocycles. The topological polar surface area (TPSA) is 87.2 Å². The first-order chi connectivity index (χ1) is 11.9. The minimum atomic E-state index is -1.02. The molecule has 1 saturated heterocycles. The van der Waals surface area contributed by atoms with E-state index in [0.29, 0.717) is 11.4 Å². The Morgan fingerprint density at radius 3 is 2.60 bits per heavy atom. The van der Waals surface area contributed by atoms with Gasteiger partial charge in [-0.3, -0.25) is 9.59 Å². The molecule has 0 radical (unpaired) electrons. The molecule has 2 atom stereocenters. The van der Waals surface area contributed by atoms with E-state index in [2.05, 4.69) is 0 Å². The molecule has 1 aliphatic carbocycles. The molecule has 0 aromatic heterocycles. The van der Waals surface area contributed by atoms with Crippen molar-refractivity contribution in [1.29, 1.82) is 0 Å². The van der Waals surface area contributed by atoms with E-state index in [1.54, 1.807) is 17.0 Å². The van der Waals surface area contributed by atoms with Gasteiger partial charge in [-0.1, -0.05) is 12.1 Å². The van der Waals surface area contributed by atoms with Gasteiger partial charge in [-0.05, 0) is 31.9 Å². The number of aliphatic carboxylic acids is 1. The molecule has 25 heavy (non-hydrogen) atoms. The van der Waals surface area contributed by atoms with Gasteiger partial charge in [0.15, 0.2) is 0 Å². The molecule has 134 valence electrons. The Morgan fingerprint density at radius 2 is 2.00 bits per heavy atom. The fourth-order valence-electron chi connectivity index (χ4n) is 3.33. The molecule has 0 bridgehead atoms. The van der Waals surface area contributed by atoms with Crippen molar-refractivity contribution in [2.24, 2.45) is 5.92 Å². The molecule has 0 spiro atoms. The highest BCUT2D eigenvalue weighted by Gasteiger charge is 2.44. The Hall–Kier alpha value is -2.57. The highest BCUT2D eigenvalue weighted by atomic mass is 16.5. The fourth-order valence-corrected chi connectivity index (χ4v) is 3.33. The van der Waals surface area contributed by atoms with Gasteiger partial charge in [-0.2, -0.15) is 0 Å². The summed E-state index contributed by atoms with van der Waals surface area (Å²) in [6.07, 6.45) is 1.73. The third-order valence-electron chi connectivity index (χ3n) is 4.82. The van der Waals surface area contributed by atoms with Gasteiger partial charge in [-0.15, -0.1) is 0 Å². The second kappa shape index (κ2) is 6.74. The van der Waals surface area contributed by atoms with Crippen molar-refractivity contribution in [3.63, 3.8) is 0 Å². The van der Waals surface area contributed by atoms with Crippen molar-refractivity contribution in [3.8, 4) is 5.75 Å². The number of carbonyl (C=O) groups is 3. The Kier molecular flexibility index (Phi) is 4.65. The van der Waals surface area contributed by atoms with E-state index in [1.807, 2.05) is 12.1 Å². The largest absolute Gasteiger partial charge is 0.495 e. The third-order valence-corrected chi connectivity index (χ3v) is 4.82. The quantitative estimate of drug-likeness (QED) is 0.844. The van der Waals surface area contributed by atoms with Crippen LogP contribution in [0.25, 0.3) is 0 Å². The highest BCUT2D eigenvalue weighted by Crippen LogP contribution is 2.36. The van der Waals surface area contributed by atoms with Crippen LogP contribution < -0.4 is 9.64 Å². The van der Waals surface area contributed by atoms with Crippen molar-refractivity contribution in [2.75, 3.05) is 18.6 Å². The maximum atomic E-state index is 12.9. The number of carboxylic acids is 1. The van der Waals surface area contributed by atoms with Crippen LogP contribution in [0.4, 0.5) is 5.69 Å². The van der Waals surface area contributed by atoms with Gasteiger partial charge in [0.2, 0.25) is 11.8 Å². The zero-order valence-corrected chi connectivity index (χ0v) is 14.3. The van der Waals surface area contributed by atoms with E-state index in [0.717, 1.165) is 12.8 Å². The lowest BCUT2D eigenvalue weighted by Crippen LogP contribution is -2.47. The fraction of sp³-hybridized carbons (Fsp3) is 0.500.